The lowest BCUT2D eigenvalue weighted by Gasteiger charge is -2.14. The number of hydrogen-bond donors (Lipinski definition) is 3. The summed E-state index contributed by atoms with van der Waals surface area (Å²) in [6.07, 6.45) is 0.477. The summed E-state index contributed by atoms with van der Waals surface area (Å²) in [6.45, 7) is 1.49. The van der Waals surface area contributed by atoms with E-state index < -0.39 is 22.0 Å². The van der Waals surface area contributed by atoms with Crippen LogP contribution in [-0.4, -0.2) is 37.2 Å². The van der Waals surface area contributed by atoms with Crippen molar-refractivity contribution >= 4 is 16.0 Å². The molecule has 0 spiro atoms. The Labute approximate surface area is 112 Å². The quantitative estimate of drug-likeness (QED) is 0.680. The maximum Gasteiger partial charge on any atom is 0.335 e. The predicted octanol–water partition coefficient (Wildman–Crippen LogP) is 0.575. The van der Waals surface area contributed by atoms with Crippen molar-refractivity contribution in [3.8, 4) is 0 Å². The molecule has 0 saturated carbocycles. The second-order valence-electron chi connectivity index (χ2n) is 4.17. The van der Waals surface area contributed by atoms with Crippen molar-refractivity contribution in [2.45, 2.75) is 25.1 Å². The first kappa shape index (κ1) is 15.6. The van der Waals surface area contributed by atoms with Crippen molar-refractivity contribution in [2.75, 3.05) is 6.61 Å². The molecule has 1 rings (SSSR count). The zero-order chi connectivity index (χ0) is 14.5. The highest BCUT2D eigenvalue weighted by molar-refractivity contribution is 7.88. The minimum Gasteiger partial charge on any atom is -0.478 e. The van der Waals surface area contributed by atoms with E-state index in [1.165, 1.54) is 18.2 Å². The molecule has 19 heavy (non-hydrogen) atoms. The summed E-state index contributed by atoms with van der Waals surface area (Å²) >= 11 is 0. The Kier molecular flexibility index (Phi) is 5.46. The van der Waals surface area contributed by atoms with Gasteiger partial charge in [-0.05, 0) is 24.1 Å². The van der Waals surface area contributed by atoms with Crippen LogP contribution in [0.3, 0.4) is 0 Å². The normalized spacial score (nSPS) is 13.2. The van der Waals surface area contributed by atoms with Gasteiger partial charge in [-0.3, -0.25) is 0 Å². The number of carboxylic acids is 1. The number of carbonyl (C=O) groups is 1. The minimum atomic E-state index is -3.60. The van der Waals surface area contributed by atoms with E-state index in [0.717, 1.165) is 0 Å². The average molecular weight is 287 g/mol. The Morgan fingerprint density at radius 1 is 1.42 bits per heavy atom. The van der Waals surface area contributed by atoms with Crippen LogP contribution in [0.15, 0.2) is 24.3 Å². The van der Waals surface area contributed by atoms with E-state index in [1.54, 1.807) is 13.0 Å². The first-order valence-corrected chi connectivity index (χ1v) is 7.46. The molecule has 0 heterocycles. The zero-order valence-corrected chi connectivity index (χ0v) is 11.4. The Bertz CT molecular complexity index is 537. The van der Waals surface area contributed by atoms with Crippen LogP contribution in [0.4, 0.5) is 0 Å². The van der Waals surface area contributed by atoms with Crippen LogP contribution in [0.2, 0.25) is 0 Å². The Balaban J connectivity index is 2.83. The molecule has 0 aliphatic rings. The van der Waals surface area contributed by atoms with Crippen LogP contribution >= 0.6 is 0 Å². The van der Waals surface area contributed by atoms with Crippen LogP contribution in [0.5, 0.6) is 0 Å². The molecule has 0 amide bonds. The number of sulfonamides is 1. The number of hydrogen-bond acceptors (Lipinski definition) is 4. The van der Waals surface area contributed by atoms with Crippen LogP contribution in [0.1, 0.15) is 29.3 Å². The Morgan fingerprint density at radius 2 is 2.11 bits per heavy atom. The number of benzene rings is 1. The molecule has 1 atom stereocenters. The maximum atomic E-state index is 11.8. The molecule has 0 aliphatic heterocycles. The fourth-order valence-corrected chi connectivity index (χ4v) is 3.01. The van der Waals surface area contributed by atoms with Gasteiger partial charge in [-0.25, -0.2) is 17.9 Å². The van der Waals surface area contributed by atoms with Gasteiger partial charge in [0.1, 0.15) is 0 Å². The topological polar surface area (TPSA) is 104 Å². The van der Waals surface area contributed by atoms with Crippen LogP contribution in [-0.2, 0) is 15.8 Å². The number of nitrogens with one attached hydrogen (secondary N) is 1. The molecule has 0 unspecified atom stereocenters. The molecule has 6 nitrogen and oxygen atoms in total. The molecular weight excluding hydrogens is 270 g/mol. The van der Waals surface area contributed by atoms with E-state index in [-0.39, 0.29) is 17.9 Å². The fourth-order valence-electron chi connectivity index (χ4n) is 1.56. The van der Waals surface area contributed by atoms with Crippen molar-refractivity contribution < 1.29 is 23.4 Å². The summed E-state index contributed by atoms with van der Waals surface area (Å²) in [5, 5.41) is 17.8. The van der Waals surface area contributed by atoms with Crippen molar-refractivity contribution in [1.82, 2.24) is 4.72 Å². The highest BCUT2D eigenvalue weighted by Crippen LogP contribution is 2.09. The standard InChI is InChI=1S/C12H17NO5S/c1-2-11(7-14)13-19(17,18)8-9-4-3-5-10(6-9)12(15)16/h3-6,11,13-14H,2,7-8H2,1H3,(H,15,16)/t11-/m1/s1. The van der Waals surface area contributed by atoms with Gasteiger partial charge in [0.05, 0.1) is 17.9 Å². The van der Waals surface area contributed by atoms with Gasteiger partial charge in [0.25, 0.3) is 0 Å². The molecule has 7 heteroatoms. The van der Waals surface area contributed by atoms with Gasteiger partial charge >= 0.3 is 5.97 Å². The van der Waals surface area contributed by atoms with Gasteiger partial charge < -0.3 is 10.2 Å². The zero-order valence-electron chi connectivity index (χ0n) is 10.5. The second-order valence-corrected chi connectivity index (χ2v) is 5.92. The molecule has 106 valence electrons. The largest absolute Gasteiger partial charge is 0.478 e. The molecule has 1 aromatic carbocycles. The predicted molar refractivity (Wildman–Crippen MR) is 70.3 cm³/mol. The first-order valence-electron chi connectivity index (χ1n) is 5.81. The molecule has 0 saturated heterocycles. The van der Waals surface area contributed by atoms with Crippen LogP contribution < -0.4 is 4.72 Å². The summed E-state index contributed by atoms with van der Waals surface area (Å²) in [5.41, 5.74) is 0.432. The van der Waals surface area contributed by atoms with E-state index in [2.05, 4.69) is 4.72 Å². The molecular formula is C12H17NO5S. The molecule has 0 bridgehead atoms. The third-order valence-electron chi connectivity index (χ3n) is 2.59. The van der Waals surface area contributed by atoms with Crippen molar-refractivity contribution in [3.05, 3.63) is 35.4 Å². The SMILES string of the molecule is CC[C@H](CO)NS(=O)(=O)Cc1cccc(C(=O)O)c1. The number of aliphatic hydroxyl groups is 1. The van der Waals surface area contributed by atoms with Crippen LogP contribution in [0, 0.1) is 0 Å². The lowest BCUT2D eigenvalue weighted by molar-refractivity contribution is 0.0696. The molecule has 0 aromatic heterocycles. The highest BCUT2D eigenvalue weighted by atomic mass is 32.2. The van der Waals surface area contributed by atoms with Gasteiger partial charge in [0, 0.05) is 6.04 Å². The smallest absolute Gasteiger partial charge is 0.335 e. The molecule has 0 fully saturated rings. The van der Waals surface area contributed by atoms with Gasteiger partial charge in [0.15, 0.2) is 0 Å². The monoisotopic (exact) mass is 287 g/mol. The fraction of sp³-hybridized carbons (Fsp3) is 0.417. The number of aliphatic hydroxyl groups excluding tert-OH is 1. The molecule has 0 aliphatic carbocycles. The number of aromatic carboxylic acids is 1. The number of rotatable bonds is 7. The third kappa shape index (κ3) is 4.98. The summed E-state index contributed by atoms with van der Waals surface area (Å²) in [7, 11) is -3.60. The first-order chi connectivity index (χ1) is 8.88. The van der Waals surface area contributed by atoms with Crippen molar-refractivity contribution in [1.29, 1.82) is 0 Å². The summed E-state index contributed by atoms with van der Waals surface area (Å²) in [5.74, 6) is -1.42. The average Bonchev–Trinajstić information content (AvgIpc) is 2.35. The highest BCUT2D eigenvalue weighted by Gasteiger charge is 2.17. The lowest BCUT2D eigenvalue weighted by Crippen LogP contribution is -2.37. The Hall–Kier alpha value is -1.44. The van der Waals surface area contributed by atoms with E-state index in [0.29, 0.717) is 12.0 Å². The van der Waals surface area contributed by atoms with E-state index in [1.807, 2.05) is 0 Å². The third-order valence-corrected chi connectivity index (χ3v) is 4.00. The second kappa shape index (κ2) is 6.65. The summed E-state index contributed by atoms with van der Waals surface area (Å²) < 4.78 is 26.0. The van der Waals surface area contributed by atoms with Gasteiger partial charge in [-0.15, -0.1) is 0 Å². The summed E-state index contributed by atoms with van der Waals surface area (Å²) in [6, 6.07) is 5.24. The summed E-state index contributed by atoms with van der Waals surface area (Å²) in [4.78, 5) is 10.8. The molecule has 1 aromatic rings. The molecule has 3 N–H and O–H groups in total. The maximum absolute atomic E-state index is 11.8. The van der Waals surface area contributed by atoms with Crippen molar-refractivity contribution in [2.24, 2.45) is 0 Å². The molecule has 0 radical (unpaired) electrons. The van der Waals surface area contributed by atoms with E-state index in [4.69, 9.17) is 10.2 Å². The van der Waals surface area contributed by atoms with Crippen molar-refractivity contribution in [3.63, 3.8) is 0 Å². The Morgan fingerprint density at radius 3 is 2.63 bits per heavy atom. The van der Waals surface area contributed by atoms with E-state index >= 15 is 0 Å². The lowest BCUT2D eigenvalue weighted by atomic mass is 10.1. The van der Waals surface area contributed by atoms with Gasteiger partial charge in [0.2, 0.25) is 10.0 Å². The van der Waals surface area contributed by atoms with Gasteiger partial charge in [-0.1, -0.05) is 19.1 Å². The number of carboxylic acid groups (broad SMARTS) is 1. The minimum absolute atomic E-state index is 0.0434. The van der Waals surface area contributed by atoms with E-state index in [9.17, 15) is 13.2 Å². The van der Waals surface area contributed by atoms with Crippen LogP contribution in [0.25, 0.3) is 0 Å². The van der Waals surface area contributed by atoms with Gasteiger partial charge in [-0.2, -0.15) is 0 Å².